The molecule has 0 fully saturated rings. The van der Waals surface area contributed by atoms with Gasteiger partial charge in [-0.2, -0.15) is 0 Å². The van der Waals surface area contributed by atoms with Crippen LogP contribution in [0.15, 0.2) is 36.4 Å². The lowest BCUT2D eigenvalue weighted by atomic mass is 10.1. The Bertz CT molecular complexity index is 408. The predicted octanol–water partition coefficient (Wildman–Crippen LogP) is 3.83. The van der Waals surface area contributed by atoms with Gasteiger partial charge >= 0.3 is 5.97 Å². The molecule has 2 nitrogen and oxygen atoms in total. The molecule has 0 N–H and O–H groups in total. The Kier molecular flexibility index (Phi) is 5.14. The van der Waals surface area contributed by atoms with Crippen molar-refractivity contribution in [3.8, 4) is 0 Å². The van der Waals surface area contributed by atoms with Crippen LogP contribution in [0.5, 0.6) is 0 Å². The predicted molar refractivity (Wildman–Crippen MR) is 74.5 cm³/mol. The lowest BCUT2D eigenvalue weighted by Gasteiger charge is -2.18. The lowest BCUT2D eigenvalue weighted by Crippen LogP contribution is -2.23. The summed E-state index contributed by atoms with van der Waals surface area (Å²) in [6.07, 6.45) is 5.06. The van der Waals surface area contributed by atoms with Crippen molar-refractivity contribution in [1.29, 1.82) is 0 Å². The van der Waals surface area contributed by atoms with Gasteiger partial charge < -0.3 is 4.74 Å². The highest BCUT2D eigenvalue weighted by Crippen LogP contribution is 2.09. The van der Waals surface area contributed by atoms with Crippen LogP contribution in [0, 0.1) is 6.92 Å². The molecular formula is C16H22O2. The summed E-state index contributed by atoms with van der Waals surface area (Å²) in [4.78, 5) is 11.4. The minimum absolute atomic E-state index is 0.178. The number of rotatable bonds is 4. The molecule has 0 spiro atoms. The van der Waals surface area contributed by atoms with Crippen molar-refractivity contribution in [1.82, 2.24) is 0 Å². The highest BCUT2D eigenvalue weighted by Gasteiger charge is 2.14. The topological polar surface area (TPSA) is 26.3 Å². The Balaban J connectivity index is 2.33. The molecule has 0 unspecified atom stereocenters. The second kappa shape index (κ2) is 6.39. The molecular weight excluding hydrogens is 224 g/mol. The summed E-state index contributed by atoms with van der Waals surface area (Å²) in [6.45, 7) is 7.70. The molecule has 1 aromatic carbocycles. The maximum Gasteiger partial charge on any atom is 0.310 e. The number of carbonyl (C=O) groups excluding carboxylic acids is 1. The zero-order valence-corrected chi connectivity index (χ0v) is 11.7. The summed E-state index contributed by atoms with van der Waals surface area (Å²) in [5.41, 5.74) is 2.11. The summed E-state index contributed by atoms with van der Waals surface area (Å²) >= 11 is 0. The molecule has 98 valence electrons. The van der Waals surface area contributed by atoms with Crippen molar-refractivity contribution < 1.29 is 9.53 Å². The molecule has 0 amide bonds. The third-order valence-corrected chi connectivity index (χ3v) is 2.35. The van der Waals surface area contributed by atoms with Crippen LogP contribution < -0.4 is 0 Å². The normalized spacial score (nSPS) is 11.8. The quantitative estimate of drug-likeness (QED) is 0.596. The number of hydrogen-bond donors (Lipinski definition) is 0. The van der Waals surface area contributed by atoms with E-state index in [4.69, 9.17) is 4.74 Å². The van der Waals surface area contributed by atoms with Crippen molar-refractivity contribution in [3.05, 3.63) is 47.5 Å². The number of carbonyl (C=O) groups is 1. The van der Waals surface area contributed by atoms with Crippen LogP contribution in [-0.4, -0.2) is 11.6 Å². The molecule has 0 aliphatic heterocycles. The number of benzene rings is 1. The molecule has 0 aromatic heterocycles. The van der Waals surface area contributed by atoms with Gasteiger partial charge in [-0.3, -0.25) is 4.79 Å². The molecule has 0 radical (unpaired) electrons. The van der Waals surface area contributed by atoms with Crippen molar-refractivity contribution >= 4 is 5.97 Å². The monoisotopic (exact) mass is 246 g/mol. The van der Waals surface area contributed by atoms with Crippen LogP contribution in [0.1, 0.15) is 38.3 Å². The van der Waals surface area contributed by atoms with E-state index < -0.39 is 5.60 Å². The highest BCUT2D eigenvalue weighted by molar-refractivity contribution is 5.71. The SMILES string of the molecule is Cc1ccc(C/C=C/CC(=O)OC(C)(C)C)cc1. The first kappa shape index (κ1) is 14.5. The Morgan fingerprint density at radius 3 is 2.33 bits per heavy atom. The van der Waals surface area contributed by atoms with Gasteiger partial charge in [0.05, 0.1) is 6.42 Å². The Labute approximate surface area is 110 Å². The molecule has 0 aliphatic rings. The fourth-order valence-corrected chi connectivity index (χ4v) is 1.51. The first-order chi connectivity index (χ1) is 8.37. The summed E-state index contributed by atoms with van der Waals surface area (Å²) in [5.74, 6) is -0.178. The largest absolute Gasteiger partial charge is 0.460 e. The van der Waals surface area contributed by atoms with Crippen LogP contribution in [0.3, 0.4) is 0 Å². The van der Waals surface area contributed by atoms with Gasteiger partial charge in [-0.1, -0.05) is 42.0 Å². The molecule has 1 aromatic rings. The van der Waals surface area contributed by atoms with Crippen LogP contribution in [0.4, 0.5) is 0 Å². The van der Waals surface area contributed by atoms with Gasteiger partial charge in [0.2, 0.25) is 0 Å². The molecule has 0 atom stereocenters. The molecule has 0 saturated carbocycles. The van der Waals surface area contributed by atoms with Gasteiger partial charge in [0.25, 0.3) is 0 Å². The molecule has 0 bridgehead atoms. The van der Waals surface area contributed by atoms with Crippen LogP contribution in [0.25, 0.3) is 0 Å². The van der Waals surface area contributed by atoms with Gasteiger partial charge in [-0.15, -0.1) is 0 Å². The molecule has 2 heteroatoms. The summed E-state index contributed by atoms with van der Waals surface area (Å²) in [7, 11) is 0. The van der Waals surface area contributed by atoms with Gasteiger partial charge in [0, 0.05) is 0 Å². The van der Waals surface area contributed by atoms with E-state index in [2.05, 4.69) is 31.2 Å². The van der Waals surface area contributed by atoms with Crippen molar-refractivity contribution in [3.63, 3.8) is 0 Å². The molecule has 0 heterocycles. The van der Waals surface area contributed by atoms with Crippen molar-refractivity contribution in [2.24, 2.45) is 0 Å². The number of esters is 1. The minimum atomic E-state index is -0.401. The fraction of sp³-hybridized carbons (Fsp3) is 0.438. The van der Waals surface area contributed by atoms with E-state index in [-0.39, 0.29) is 5.97 Å². The van der Waals surface area contributed by atoms with Gasteiger partial charge in [0.15, 0.2) is 0 Å². The van der Waals surface area contributed by atoms with Crippen molar-refractivity contribution in [2.45, 2.75) is 46.1 Å². The smallest absolute Gasteiger partial charge is 0.310 e. The lowest BCUT2D eigenvalue weighted by molar-refractivity contribution is -0.153. The van der Waals surface area contributed by atoms with E-state index in [9.17, 15) is 4.79 Å². The van der Waals surface area contributed by atoms with Gasteiger partial charge in [-0.05, 0) is 39.7 Å². The third kappa shape index (κ3) is 6.24. The van der Waals surface area contributed by atoms with E-state index in [1.807, 2.05) is 32.9 Å². The number of aryl methyl sites for hydroxylation is 1. The number of allylic oxidation sites excluding steroid dienone is 1. The standard InChI is InChI=1S/C16H22O2/c1-13-9-11-14(12-10-13)7-5-6-8-15(17)18-16(2,3)4/h5-6,9-12H,7-8H2,1-4H3/b6-5+. The Morgan fingerprint density at radius 2 is 1.78 bits per heavy atom. The maximum absolute atomic E-state index is 11.4. The maximum atomic E-state index is 11.4. The van der Waals surface area contributed by atoms with Gasteiger partial charge in [-0.25, -0.2) is 0 Å². The second-order valence-corrected chi connectivity index (χ2v) is 5.45. The second-order valence-electron chi connectivity index (χ2n) is 5.45. The molecule has 1 rings (SSSR count). The average Bonchev–Trinajstić information content (AvgIpc) is 2.24. The summed E-state index contributed by atoms with van der Waals surface area (Å²) in [5, 5.41) is 0. The fourth-order valence-electron chi connectivity index (χ4n) is 1.51. The van der Waals surface area contributed by atoms with E-state index >= 15 is 0 Å². The zero-order valence-electron chi connectivity index (χ0n) is 11.7. The zero-order chi connectivity index (χ0) is 13.6. The van der Waals surface area contributed by atoms with E-state index in [0.29, 0.717) is 6.42 Å². The summed E-state index contributed by atoms with van der Waals surface area (Å²) in [6, 6.07) is 8.40. The van der Waals surface area contributed by atoms with E-state index in [0.717, 1.165) is 6.42 Å². The average molecular weight is 246 g/mol. The van der Waals surface area contributed by atoms with Crippen LogP contribution >= 0.6 is 0 Å². The first-order valence-electron chi connectivity index (χ1n) is 6.29. The number of hydrogen-bond acceptors (Lipinski definition) is 2. The van der Waals surface area contributed by atoms with Crippen LogP contribution in [0.2, 0.25) is 0 Å². The Morgan fingerprint density at radius 1 is 1.17 bits per heavy atom. The van der Waals surface area contributed by atoms with Gasteiger partial charge in [0.1, 0.15) is 5.60 Å². The summed E-state index contributed by atoms with van der Waals surface area (Å²) < 4.78 is 5.22. The van der Waals surface area contributed by atoms with Crippen LogP contribution in [-0.2, 0) is 16.0 Å². The van der Waals surface area contributed by atoms with E-state index in [1.54, 1.807) is 0 Å². The first-order valence-corrected chi connectivity index (χ1v) is 6.29. The minimum Gasteiger partial charge on any atom is -0.460 e. The Hall–Kier alpha value is -1.57. The molecule has 0 saturated heterocycles. The van der Waals surface area contributed by atoms with E-state index in [1.165, 1.54) is 11.1 Å². The third-order valence-electron chi connectivity index (χ3n) is 2.35. The number of ether oxygens (including phenoxy) is 1. The highest BCUT2D eigenvalue weighted by atomic mass is 16.6. The van der Waals surface area contributed by atoms with Crippen molar-refractivity contribution in [2.75, 3.05) is 0 Å². The molecule has 18 heavy (non-hydrogen) atoms. The molecule has 0 aliphatic carbocycles.